The predicted octanol–water partition coefficient (Wildman–Crippen LogP) is 2.28. The summed E-state index contributed by atoms with van der Waals surface area (Å²) in [5.41, 5.74) is 0.435. The highest BCUT2D eigenvalue weighted by Gasteiger charge is 2.32. The Morgan fingerprint density at radius 2 is 2.14 bits per heavy atom. The van der Waals surface area contributed by atoms with Gasteiger partial charge >= 0.3 is 0 Å². The number of alkyl halides is 1. The van der Waals surface area contributed by atoms with Gasteiger partial charge in [0.15, 0.2) is 0 Å². The van der Waals surface area contributed by atoms with E-state index in [4.69, 9.17) is 11.6 Å². The minimum Gasteiger partial charge on any atom is -0.305 e. The number of likely N-dealkylation sites (N-methyl/N-ethyl adjacent to an activating group) is 1. The molecule has 2 rings (SSSR count). The van der Waals surface area contributed by atoms with E-state index in [1.807, 2.05) is 19.0 Å². The van der Waals surface area contributed by atoms with Crippen molar-refractivity contribution in [1.82, 2.24) is 9.21 Å². The number of hydrogen-bond acceptors (Lipinski definition) is 3. The Bertz CT molecular complexity index is 607. The van der Waals surface area contributed by atoms with Crippen molar-refractivity contribution in [3.63, 3.8) is 0 Å². The van der Waals surface area contributed by atoms with E-state index in [1.165, 1.54) is 16.4 Å². The maximum atomic E-state index is 13.5. The minimum atomic E-state index is -3.71. The largest absolute Gasteiger partial charge is 0.305 e. The van der Waals surface area contributed by atoms with Crippen LogP contribution in [0.15, 0.2) is 23.1 Å². The van der Waals surface area contributed by atoms with Gasteiger partial charge in [-0.15, -0.1) is 11.6 Å². The van der Waals surface area contributed by atoms with Gasteiger partial charge in [0, 0.05) is 25.0 Å². The zero-order valence-corrected chi connectivity index (χ0v) is 13.8. The number of nitrogens with zero attached hydrogens (tertiary/aromatic N) is 2. The molecule has 0 radical (unpaired) electrons. The molecule has 0 N–H and O–H groups in total. The van der Waals surface area contributed by atoms with Crippen molar-refractivity contribution < 1.29 is 12.8 Å². The molecule has 0 aromatic heterocycles. The lowest BCUT2D eigenvalue weighted by Crippen LogP contribution is -2.47. The molecule has 1 aliphatic heterocycles. The fourth-order valence-corrected chi connectivity index (χ4v) is 4.64. The van der Waals surface area contributed by atoms with Crippen LogP contribution in [0.1, 0.15) is 18.4 Å². The summed E-state index contributed by atoms with van der Waals surface area (Å²) in [6.07, 6.45) is 1.76. The summed E-state index contributed by atoms with van der Waals surface area (Å²) >= 11 is 5.79. The van der Waals surface area contributed by atoms with Crippen molar-refractivity contribution in [3.05, 3.63) is 29.6 Å². The van der Waals surface area contributed by atoms with Crippen LogP contribution in [0, 0.1) is 5.82 Å². The molecule has 0 saturated carbocycles. The van der Waals surface area contributed by atoms with E-state index in [9.17, 15) is 12.8 Å². The van der Waals surface area contributed by atoms with E-state index in [0.717, 1.165) is 18.9 Å². The molecule has 1 aliphatic rings. The molecule has 1 heterocycles. The first-order valence-corrected chi connectivity index (χ1v) is 8.84. The Kier molecular flexibility index (Phi) is 5.24. The van der Waals surface area contributed by atoms with Crippen LogP contribution < -0.4 is 0 Å². The molecule has 1 aromatic rings. The predicted molar refractivity (Wildman–Crippen MR) is 81.4 cm³/mol. The number of rotatable bonds is 4. The first-order valence-electron chi connectivity index (χ1n) is 6.87. The molecule has 1 saturated heterocycles. The van der Waals surface area contributed by atoms with Crippen LogP contribution in [0.4, 0.5) is 4.39 Å². The highest BCUT2D eigenvalue weighted by molar-refractivity contribution is 7.89. The van der Waals surface area contributed by atoms with Gasteiger partial charge in [-0.3, -0.25) is 0 Å². The minimum absolute atomic E-state index is 0.0168. The molecule has 7 heteroatoms. The monoisotopic (exact) mass is 334 g/mol. The zero-order chi connectivity index (χ0) is 15.6. The van der Waals surface area contributed by atoms with Gasteiger partial charge in [-0.1, -0.05) is 6.07 Å². The summed E-state index contributed by atoms with van der Waals surface area (Å²) in [7, 11) is 0.164. The van der Waals surface area contributed by atoms with E-state index >= 15 is 0 Å². The highest BCUT2D eigenvalue weighted by atomic mass is 35.5. The van der Waals surface area contributed by atoms with Gasteiger partial charge in [0.05, 0.1) is 4.90 Å². The fourth-order valence-electron chi connectivity index (χ4n) is 2.58. The number of halogens is 2. The Hall–Kier alpha value is -0.690. The third-order valence-corrected chi connectivity index (χ3v) is 6.12. The number of benzene rings is 1. The molecular formula is C14H20ClFN2O2S. The lowest BCUT2D eigenvalue weighted by atomic mass is 10.1. The van der Waals surface area contributed by atoms with Crippen molar-refractivity contribution in [3.8, 4) is 0 Å². The molecule has 1 aromatic carbocycles. The van der Waals surface area contributed by atoms with E-state index in [1.54, 1.807) is 0 Å². The van der Waals surface area contributed by atoms with Gasteiger partial charge in [0.25, 0.3) is 0 Å². The van der Waals surface area contributed by atoms with Crippen molar-refractivity contribution in [1.29, 1.82) is 0 Å². The van der Waals surface area contributed by atoms with E-state index in [2.05, 4.69) is 0 Å². The maximum Gasteiger partial charge on any atom is 0.243 e. The Labute approximate surface area is 130 Å². The first kappa shape index (κ1) is 16.7. The van der Waals surface area contributed by atoms with Crippen LogP contribution in [0.5, 0.6) is 0 Å². The summed E-state index contributed by atoms with van der Waals surface area (Å²) < 4.78 is 40.4. The van der Waals surface area contributed by atoms with Crippen LogP contribution in [0.3, 0.4) is 0 Å². The molecule has 0 spiro atoms. The number of piperidine rings is 1. The molecule has 1 unspecified atom stereocenters. The van der Waals surface area contributed by atoms with Gasteiger partial charge in [0.2, 0.25) is 10.0 Å². The molecule has 0 amide bonds. The Morgan fingerprint density at radius 3 is 2.76 bits per heavy atom. The van der Waals surface area contributed by atoms with E-state index in [0.29, 0.717) is 18.7 Å². The smallest absolute Gasteiger partial charge is 0.243 e. The summed E-state index contributed by atoms with van der Waals surface area (Å²) in [6, 6.07) is 3.91. The van der Waals surface area contributed by atoms with Crippen LogP contribution in [0.2, 0.25) is 0 Å². The molecule has 1 atom stereocenters. The number of hydrogen-bond donors (Lipinski definition) is 0. The maximum absolute atomic E-state index is 13.5. The van der Waals surface area contributed by atoms with Crippen molar-refractivity contribution >= 4 is 21.6 Å². The lowest BCUT2D eigenvalue weighted by molar-refractivity contribution is 0.190. The van der Waals surface area contributed by atoms with Gasteiger partial charge < -0.3 is 4.90 Å². The van der Waals surface area contributed by atoms with Crippen molar-refractivity contribution in [2.45, 2.75) is 29.7 Å². The fraction of sp³-hybridized carbons (Fsp3) is 0.571. The second kappa shape index (κ2) is 6.60. The molecule has 4 nitrogen and oxygen atoms in total. The van der Waals surface area contributed by atoms with Crippen LogP contribution >= 0.6 is 11.6 Å². The summed E-state index contributed by atoms with van der Waals surface area (Å²) in [5.74, 6) is -0.525. The third kappa shape index (κ3) is 3.56. The van der Waals surface area contributed by atoms with Gasteiger partial charge in [0.1, 0.15) is 5.82 Å². The zero-order valence-electron chi connectivity index (χ0n) is 12.2. The molecule has 0 bridgehead atoms. The molecule has 1 fully saturated rings. The van der Waals surface area contributed by atoms with Crippen LogP contribution in [-0.4, -0.2) is 50.8 Å². The second-order valence-electron chi connectivity index (χ2n) is 5.51. The summed E-state index contributed by atoms with van der Waals surface area (Å²) in [6.45, 7) is 0.887. The topological polar surface area (TPSA) is 40.6 Å². The standard InChI is InChI=1S/C14H20ClFN2O2S/c1-17(2)13-4-3-7-18(10-13)21(19,20)14-8-12(16)6-5-11(14)9-15/h5-6,8,13H,3-4,7,9-10H2,1-2H3. The normalized spacial score (nSPS) is 20.9. The molecule has 21 heavy (non-hydrogen) atoms. The molecule has 0 aliphatic carbocycles. The number of sulfonamides is 1. The van der Waals surface area contributed by atoms with Gasteiger partial charge in [-0.25, -0.2) is 12.8 Å². The van der Waals surface area contributed by atoms with Crippen molar-refractivity contribution in [2.24, 2.45) is 0 Å². The average molecular weight is 335 g/mol. The molecule has 118 valence electrons. The van der Waals surface area contributed by atoms with Gasteiger partial charge in [-0.2, -0.15) is 4.31 Å². The first-order chi connectivity index (χ1) is 9.86. The average Bonchev–Trinajstić information content (AvgIpc) is 2.47. The van der Waals surface area contributed by atoms with Crippen LogP contribution in [0.25, 0.3) is 0 Å². The van der Waals surface area contributed by atoms with Crippen LogP contribution in [-0.2, 0) is 15.9 Å². The Balaban J connectivity index is 2.35. The third-order valence-electron chi connectivity index (χ3n) is 3.88. The summed E-state index contributed by atoms with van der Waals surface area (Å²) in [4.78, 5) is 2.01. The quantitative estimate of drug-likeness (QED) is 0.793. The van der Waals surface area contributed by atoms with E-state index < -0.39 is 15.8 Å². The summed E-state index contributed by atoms with van der Waals surface area (Å²) in [5, 5.41) is 0. The SMILES string of the molecule is CN(C)C1CCCN(S(=O)(=O)c2cc(F)ccc2CCl)C1. The Morgan fingerprint density at radius 1 is 1.43 bits per heavy atom. The van der Waals surface area contributed by atoms with Gasteiger partial charge in [-0.05, 0) is 44.6 Å². The lowest BCUT2D eigenvalue weighted by Gasteiger charge is -2.35. The highest BCUT2D eigenvalue weighted by Crippen LogP contribution is 2.26. The van der Waals surface area contributed by atoms with Crippen molar-refractivity contribution in [2.75, 3.05) is 27.2 Å². The van der Waals surface area contributed by atoms with E-state index in [-0.39, 0.29) is 16.8 Å². The molecular weight excluding hydrogens is 315 g/mol. The second-order valence-corrected chi connectivity index (χ2v) is 7.68.